The van der Waals surface area contributed by atoms with E-state index in [2.05, 4.69) is 18.2 Å². The van der Waals surface area contributed by atoms with Crippen LogP contribution in [0.25, 0.3) is 11.1 Å². The Balaban J connectivity index is 1.92. The van der Waals surface area contributed by atoms with Crippen molar-refractivity contribution in [2.75, 3.05) is 0 Å². The molecule has 0 radical (unpaired) electrons. The lowest BCUT2D eigenvalue weighted by Gasteiger charge is -2.09. The van der Waals surface area contributed by atoms with E-state index >= 15 is 0 Å². The maximum atomic E-state index is 12.4. The third-order valence-corrected chi connectivity index (χ3v) is 3.55. The molecule has 0 aromatic heterocycles. The molecule has 0 spiro atoms. The molecule has 0 fully saturated rings. The summed E-state index contributed by atoms with van der Waals surface area (Å²) < 4.78 is 0. The summed E-state index contributed by atoms with van der Waals surface area (Å²) in [6, 6.07) is 27.8. The summed E-state index contributed by atoms with van der Waals surface area (Å²) in [5.74, 6) is 0.152. The van der Waals surface area contributed by atoms with Crippen LogP contribution in [0.15, 0.2) is 84.9 Å². The monoisotopic (exact) mass is 272 g/mol. The highest BCUT2D eigenvalue weighted by molar-refractivity contribution is 5.98. The zero-order valence-electron chi connectivity index (χ0n) is 11.7. The Labute approximate surface area is 124 Å². The first-order chi connectivity index (χ1) is 10.3. The highest BCUT2D eigenvalue weighted by atomic mass is 16.1. The molecular formula is C20H16O. The van der Waals surface area contributed by atoms with Gasteiger partial charge in [0, 0.05) is 12.0 Å². The van der Waals surface area contributed by atoms with Crippen LogP contribution in [-0.2, 0) is 6.42 Å². The molecule has 0 atom stereocenters. The van der Waals surface area contributed by atoms with Crippen molar-refractivity contribution in [2.24, 2.45) is 0 Å². The molecule has 0 saturated heterocycles. The van der Waals surface area contributed by atoms with Gasteiger partial charge in [-0.1, -0.05) is 84.9 Å². The van der Waals surface area contributed by atoms with Gasteiger partial charge >= 0.3 is 0 Å². The Kier molecular flexibility index (Phi) is 3.92. The summed E-state index contributed by atoms with van der Waals surface area (Å²) in [5, 5.41) is 0. The third-order valence-electron chi connectivity index (χ3n) is 3.55. The summed E-state index contributed by atoms with van der Waals surface area (Å²) in [7, 11) is 0. The van der Waals surface area contributed by atoms with E-state index in [-0.39, 0.29) is 5.78 Å². The zero-order valence-corrected chi connectivity index (χ0v) is 11.7. The average molecular weight is 272 g/mol. The van der Waals surface area contributed by atoms with Gasteiger partial charge in [0.1, 0.15) is 0 Å². The van der Waals surface area contributed by atoms with E-state index in [0.717, 1.165) is 22.3 Å². The van der Waals surface area contributed by atoms with E-state index in [1.165, 1.54) is 0 Å². The van der Waals surface area contributed by atoms with Gasteiger partial charge in [0.25, 0.3) is 0 Å². The highest BCUT2D eigenvalue weighted by Crippen LogP contribution is 2.24. The molecule has 0 saturated carbocycles. The minimum atomic E-state index is 0.152. The SMILES string of the molecule is O=C(Cc1ccccc1-c1ccccc1)c1ccccc1. The Bertz CT molecular complexity index is 730. The molecule has 3 rings (SSSR count). The van der Waals surface area contributed by atoms with Crippen molar-refractivity contribution < 1.29 is 4.79 Å². The number of carbonyl (C=O) groups excluding carboxylic acids is 1. The van der Waals surface area contributed by atoms with E-state index < -0.39 is 0 Å². The summed E-state index contributed by atoms with van der Waals surface area (Å²) in [6.45, 7) is 0. The van der Waals surface area contributed by atoms with E-state index in [1.54, 1.807) is 0 Å². The van der Waals surface area contributed by atoms with Crippen LogP contribution in [0, 0.1) is 0 Å². The minimum absolute atomic E-state index is 0.152. The Morgan fingerprint density at radius 2 is 1.24 bits per heavy atom. The van der Waals surface area contributed by atoms with Crippen LogP contribution in [0.2, 0.25) is 0 Å². The molecule has 1 nitrogen and oxygen atoms in total. The lowest BCUT2D eigenvalue weighted by atomic mass is 9.94. The Hall–Kier alpha value is -2.67. The van der Waals surface area contributed by atoms with E-state index in [4.69, 9.17) is 0 Å². The first-order valence-corrected chi connectivity index (χ1v) is 7.06. The van der Waals surface area contributed by atoms with Crippen molar-refractivity contribution in [3.8, 4) is 11.1 Å². The van der Waals surface area contributed by atoms with Gasteiger partial charge in [-0.25, -0.2) is 0 Å². The smallest absolute Gasteiger partial charge is 0.167 e. The van der Waals surface area contributed by atoms with Crippen molar-refractivity contribution in [2.45, 2.75) is 6.42 Å². The molecule has 0 amide bonds. The summed E-state index contributed by atoms with van der Waals surface area (Å²) in [6.07, 6.45) is 0.426. The molecule has 1 heteroatoms. The molecule has 0 aliphatic rings. The van der Waals surface area contributed by atoms with Gasteiger partial charge in [-0.05, 0) is 16.7 Å². The minimum Gasteiger partial charge on any atom is -0.294 e. The van der Waals surface area contributed by atoms with Crippen molar-refractivity contribution in [3.63, 3.8) is 0 Å². The van der Waals surface area contributed by atoms with Gasteiger partial charge in [-0.2, -0.15) is 0 Å². The maximum Gasteiger partial charge on any atom is 0.167 e. The number of ketones is 1. The largest absolute Gasteiger partial charge is 0.294 e. The quantitative estimate of drug-likeness (QED) is 0.625. The Morgan fingerprint density at radius 3 is 1.95 bits per heavy atom. The molecule has 0 aliphatic heterocycles. The molecule has 0 bridgehead atoms. The van der Waals surface area contributed by atoms with Gasteiger partial charge in [-0.3, -0.25) is 4.79 Å². The van der Waals surface area contributed by atoms with Gasteiger partial charge in [-0.15, -0.1) is 0 Å². The summed E-state index contributed by atoms with van der Waals surface area (Å²) in [4.78, 5) is 12.4. The molecule has 0 unspecified atom stereocenters. The van der Waals surface area contributed by atoms with Crippen molar-refractivity contribution in [1.29, 1.82) is 0 Å². The van der Waals surface area contributed by atoms with Gasteiger partial charge in [0.2, 0.25) is 0 Å². The predicted octanol–water partition coefficient (Wildman–Crippen LogP) is 4.78. The summed E-state index contributed by atoms with van der Waals surface area (Å²) in [5.41, 5.74) is 4.11. The fraction of sp³-hybridized carbons (Fsp3) is 0.0500. The number of carbonyl (C=O) groups is 1. The van der Waals surface area contributed by atoms with E-state index in [0.29, 0.717) is 6.42 Å². The van der Waals surface area contributed by atoms with Crippen LogP contribution in [0.3, 0.4) is 0 Å². The predicted molar refractivity (Wildman–Crippen MR) is 86.4 cm³/mol. The molecular weight excluding hydrogens is 256 g/mol. The fourth-order valence-corrected chi connectivity index (χ4v) is 2.47. The van der Waals surface area contributed by atoms with E-state index in [1.807, 2.05) is 66.7 Å². The molecule has 0 N–H and O–H groups in total. The Morgan fingerprint density at radius 1 is 0.667 bits per heavy atom. The number of hydrogen-bond donors (Lipinski definition) is 0. The fourth-order valence-electron chi connectivity index (χ4n) is 2.47. The van der Waals surface area contributed by atoms with Gasteiger partial charge < -0.3 is 0 Å². The van der Waals surface area contributed by atoms with E-state index in [9.17, 15) is 4.79 Å². The van der Waals surface area contributed by atoms with Crippen LogP contribution in [0.4, 0.5) is 0 Å². The van der Waals surface area contributed by atoms with Crippen LogP contribution < -0.4 is 0 Å². The number of hydrogen-bond acceptors (Lipinski definition) is 1. The lowest BCUT2D eigenvalue weighted by Crippen LogP contribution is -2.04. The first-order valence-electron chi connectivity index (χ1n) is 7.06. The molecule has 102 valence electrons. The highest BCUT2D eigenvalue weighted by Gasteiger charge is 2.10. The number of benzene rings is 3. The van der Waals surface area contributed by atoms with Crippen LogP contribution in [0.5, 0.6) is 0 Å². The second kappa shape index (κ2) is 6.19. The molecule has 3 aromatic carbocycles. The van der Waals surface area contributed by atoms with Crippen molar-refractivity contribution in [1.82, 2.24) is 0 Å². The second-order valence-corrected chi connectivity index (χ2v) is 4.99. The van der Waals surface area contributed by atoms with Crippen molar-refractivity contribution in [3.05, 3.63) is 96.1 Å². The number of Topliss-reactive ketones (excluding diaryl/α,β-unsaturated/α-hetero) is 1. The molecule has 21 heavy (non-hydrogen) atoms. The van der Waals surface area contributed by atoms with Crippen molar-refractivity contribution >= 4 is 5.78 Å². The lowest BCUT2D eigenvalue weighted by molar-refractivity contribution is 0.0993. The van der Waals surface area contributed by atoms with Crippen LogP contribution >= 0.6 is 0 Å². The van der Waals surface area contributed by atoms with Crippen LogP contribution in [-0.4, -0.2) is 5.78 Å². The van der Waals surface area contributed by atoms with Crippen LogP contribution in [0.1, 0.15) is 15.9 Å². The number of rotatable bonds is 4. The maximum absolute atomic E-state index is 12.4. The zero-order chi connectivity index (χ0) is 14.5. The molecule has 3 aromatic rings. The van der Waals surface area contributed by atoms with Gasteiger partial charge in [0.15, 0.2) is 5.78 Å². The second-order valence-electron chi connectivity index (χ2n) is 4.99. The molecule has 0 heterocycles. The first kappa shape index (κ1) is 13.3. The standard InChI is InChI=1S/C20H16O/c21-20(17-11-5-2-6-12-17)15-18-13-7-8-14-19(18)16-9-3-1-4-10-16/h1-14H,15H2. The summed E-state index contributed by atoms with van der Waals surface area (Å²) >= 11 is 0. The third kappa shape index (κ3) is 3.09. The normalized spacial score (nSPS) is 10.3. The molecule has 0 aliphatic carbocycles. The average Bonchev–Trinajstić information content (AvgIpc) is 2.57. The topological polar surface area (TPSA) is 17.1 Å². The van der Waals surface area contributed by atoms with Gasteiger partial charge in [0.05, 0.1) is 0 Å².